The molecule has 7 heteroatoms. The molecule has 27 heavy (non-hydrogen) atoms. The lowest BCUT2D eigenvalue weighted by Gasteiger charge is -2.11. The molecule has 0 aliphatic carbocycles. The molecule has 0 spiro atoms. The van der Waals surface area contributed by atoms with Gasteiger partial charge in [0.05, 0.1) is 6.61 Å². The number of hydrogen-bond acceptors (Lipinski definition) is 6. The molecule has 7 nitrogen and oxygen atoms in total. The molecular formula is C20H21N3O4. The molecule has 0 aliphatic heterocycles. The third-order valence-corrected chi connectivity index (χ3v) is 3.94. The molecule has 1 amide bonds. The lowest BCUT2D eigenvalue weighted by Crippen LogP contribution is -2.21. The van der Waals surface area contributed by atoms with Crippen molar-refractivity contribution in [2.24, 2.45) is 0 Å². The van der Waals surface area contributed by atoms with Gasteiger partial charge in [0.25, 0.3) is 5.91 Å². The number of hydrogen-bond donors (Lipinski definition) is 1. The highest BCUT2D eigenvalue weighted by molar-refractivity contribution is 5.94. The average Bonchev–Trinajstić information content (AvgIpc) is 3.10. The number of rotatable bonds is 7. The summed E-state index contributed by atoms with van der Waals surface area (Å²) in [5.74, 6) is 1.36. The molecule has 0 radical (unpaired) electrons. The van der Waals surface area contributed by atoms with E-state index in [1.807, 2.05) is 63.2 Å². The van der Waals surface area contributed by atoms with Crippen LogP contribution in [-0.4, -0.2) is 29.4 Å². The molecule has 0 aliphatic rings. The summed E-state index contributed by atoms with van der Waals surface area (Å²) in [5, 5.41) is 10.3. The average molecular weight is 367 g/mol. The second-order valence-corrected chi connectivity index (χ2v) is 5.98. The highest BCUT2D eigenvalue weighted by Gasteiger charge is 2.16. The Morgan fingerprint density at radius 1 is 1.04 bits per heavy atom. The number of carbonyl (C=O) groups excluding carboxylic acids is 1. The smallest absolute Gasteiger partial charge is 0.263 e. The fraction of sp³-hybridized carbons (Fsp3) is 0.250. The third-order valence-electron chi connectivity index (χ3n) is 3.94. The Kier molecular flexibility index (Phi) is 5.71. The van der Waals surface area contributed by atoms with Gasteiger partial charge in [-0.2, -0.15) is 0 Å². The highest BCUT2D eigenvalue weighted by atomic mass is 16.6. The van der Waals surface area contributed by atoms with Gasteiger partial charge in [0.2, 0.25) is 5.82 Å². The van der Waals surface area contributed by atoms with Gasteiger partial charge in [-0.3, -0.25) is 4.79 Å². The van der Waals surface area contributed by atoms with Crippen LogP contribution in [0.2, 0.25) is 0 Å². The summed E-state index contributed by atoms with van der Waals surface area (Å²) in [5.41, 5.74) is 3.14. The van der Waals surface area contributed by atoms with Crippen molar-refractivity contribution in [2.45, 2.75) is 20.8 Å². The van der Waals surface area contributed by atoms with E-state index in [4.69, 9.17) is 14.1 Å². The van der Waals surface area contributed by atoms with Crippen molar-refractivity contribution < 1.29 is 18.9 Å². The number of nitrogens with one attached hydrogen (secondary N) is 1. The summed E-state index contributed by atoms with van der Waals surface area (Å²) in [6.07, 6.45) is 0. The van der Waals surface area contributed by atoms with Crippen LogP contribution in [0.3, 0.4) is 0 Å². The van der Waals surface area contributed by atoms with Gasteiger partial charge in [-0.1, -0.05) is 18.2 Å². The van der Waals surface area contributed by atoms with Crippen LogP contribution in [0.5, 0.6) is 11.5 Å². The number of anilines is 1. The van der Waals surface area contributed by atoms with E-state index in [2.05, 4.69) is 15.6 Å². The van der Waals surface area contributed by atoms with Crippen molar-refractivity contribution in [1.29, 1.82) is 0 Å². The lowest BCUT2D eigenvalue weighted by atomic mass is 10.1. The maximum Gasteiger partial charge on any atom is 0.263 e. The molecule has 1 N–H and O–H groups in total. The van der Waals surface area contributed by atoms with E-state index >= 15 is 0 Å². The molecule has 0 saturated carbocycles. The largest absolute Gasteiger partial charge is 0.494 e. The Hall–Kier alpha value is -3.35. The molecule has 0 atom stereocenters. The zero-order valence-corrected chi connectivity index (χ0v) is 15.5. The van der Waals surface area contributed by atoms with Gasteiger partial charge in [0, 0.05) is 5.56 Å². The Labute approximate surface area is 157 Å². The van der Waals surface area contributed by atoms with Crippen molar-refractivity contribution in [1.82, 2.24) is 10.3 Å². The Morgan fingerprint density at radius 2 is 1.74 bits per heavy atom. The quantitative estimate of drug-likeness (QED) is 0.684. The van der Waals surface area contributed by atoms with Crippen LogP contribution in [0.25, 0.3) is 11.3 Å². The maximum absolute atomic E-state index is 12.3. The first-order chi connectivity index (χ1) is 13.1. The predicted octanol–water partition coefficient (Wildman–Crippen LogP) is 3.77. The van der Waals surface area contributed by atoms with Gasteiger partial charge in [-0.15, -0.1) is 0 Å². The zero-order valence-electron chi connectivity index (χ0n) is 15.5. The van der Waals surface area contributed by atoms with E-state index < -0.39 is 0 Å². The van der Waals surface area contributed by atoms with Crippen LogP contribution in [0.4, 0.5) is 5.82 Å². The second-order valence-electron chi connectivity index (χ2n) is 5.98. The number of carbonyl (C=O) groups is 1. The van der Waals surface area contributed by atoms with E-state index in [1.165, 1.54) is 0 Å². The molecule has 1 aromatic heterocycles. The summed E-state index contributed by atoms with van der Waals surface area (Å²) in [7, 11) is 0. The van der Waals surface area contributed by atoms with Crippen molar-refractivity contribution in [3.05, 3.63) is 53.6 Å². The van der Waals surface area contributed by atoms with Crippen molar-refractivity contribution in [3.8, 4) is 22.8 Å². The molecule has 3 rings (SSSR count). The van der Waals surface area contributed by atoms with E-state index in [0.717, 1.165) is 22.4 Å². The molecule has 2 aromatic carbocycles. The molecule has 0 saturated heterocycles. The number of aromatic nitrogens is 2. The number of para-hydroxylation sites is 1. The first kappa shape index (κ1) is 18.4. The van der Waals surface area contributed by atoms with E-state index in [1.54, 1.807) is 0 Å². The molecule has 1 heterocycles. The van der Waals surface area contributed by atoms with Gasteiger partial charge < -0.3 is 14.8 Å². The Balaban J connectivity index is 1.66. The number of benzene rings is 2. The number of amides is 1. The Morgan fingerprint density at radius 3 is 2.41 bits per heavy atom. The predicted molar refractivity (Wildman–Crippen MR) is 101 cm³/mol. The van der Waals surface area contributed by atoms with Crippen molar-refractivity contribution in [2.75, 3.05) is 18.5 Å². The van der Waals surface area contributed by atoms with Gasteiger partial charge >= 0.3 is 0 Å². The van der Waals surface area contributed by atoms with Gasteiger partial charge in [-0.25, -0.2) is 4.63 Å². The third kappa shape index (κ3) is 4.44. The van der Waals surface area contributed by atoms with E-state index in [9.17, 15) is 4.79 Å². The summed E-state index contributed by atoms with van der Waals surface area (Å²) < 4.78 is 15.9. The minimum Gasteiger partial charge on any atom is -0.494 e. The summed E-state index contributed by atoms with van der Waals surface area (Å²) in [6.45, 7) is 6.25. The van der Waals surface area contributed by atoms with Crippen LogP contribution in [0.1, 0.15) is 18.1 Å². The van der Waals surface area contributed by atoms with Crippen LogP contribution >= 0.6 is 0 Å². The van der Waals surface area contributed by atoms with Crippen LogP contribution in [0, 0.1) is 13.8 Å². The molecule has 0 unspecified atom stereocenters. The zero-order chi connectivity index (χ0) is 19.2. The van der Waals surface area contributed by atoms with Gasteiger partial charge in [-0.05, 0) is 66.5 Å². The first-order valence-electron chi connectivity index (χ1n) is 8.63. The van der Waals surface area contributed by atoms with E-state index in [0.29, 0.717) is 18.1 Å². The highest BCUT2D eigenvalue weighted by Crippen LogP contribution is 2.26. The number of aryl methyl sites for hydroxylation is 2. The van der Waals surface area contributed by atoms with Crippen LogP contribution < -0.4 is 14.8 Å². The van der Waals surface area contributed by atoms with Gasteiger partial charge in [0.1, 0.15) is 11.5 Å². The van der Waals surface area contributed by atoms with Crippen molar-refractivity contribution >= 4 is 11.7 Å². The van der Waals surface area contributed by atoms with E-state index in [-0.39, 0.29) is 18.3 Å². The number of nitrogens with zero attached hydrogens (tertiary/aromatic N) is 2. The molecule has 3 aromatic rings. The monoisotopic (exact) mass is 367 g/mol. The molecular weight excluding hydrogens is 346 g/mol. The van der Waals surface area contributed by atoms with Crippen LogP contribution in [0.15, 0.2) is 47.1 Å². The van der Waals surface area contributed by atoms with Crippen molar-refractivity contribution in [3.63, 3.8) is 0 Å². The lowest BCUT2D eigenvalue weighted by molar-refractivity contribution is -0.118. The minimum absolute atomic E-state index is 0.138. The van der Waals surface area contributed by atoms with Gasteiger partial charge in [0.15, 0.2) is 12.3 Å². The summed E-state index contributed by atoms with van der Waals surface area (Å²) >= 11 is 0. The second kappa shape index (κ2) is 8.35. The standard InChI is InChI=1S/C20H21N3O4/c1-4-25-16-10-8-15(9-11-16)18-20(23-27-22-18)21-17(24)12-26-19-13(2)6-5-7-14(19)3/h5-11H,4,12H2,1-3H3,(H,21,23,24). The fourth-order valence-corrected chi connectivity index (χ4v) is 2.67. The summed E-state index contributed by atoms with van der Waals surface area (Å²) in [4.78, 5) is 12.3. The molecule has 0 bridgehead atoms. The van der Waals surface area contributed by atoms with Crippen LogP contribution in [-0.2, 0) is 4.79 Å². The minimum atomic E-state index is -0.347. The topological polar surface area (TPSA) is 86.5 Å². The molecule has 0 fully saturated rings. The fourth-order valence-electron chi connectivity index (χ4n) is 2.67. The Bertz CT molecular complexity index is 899. The summed E-state index contributed by atoms with van der Waals surface area (Å²) in [6, 6.07) is 13.1. The SMILES string of the molecule is CCOc1ccc(-c2nonc2NC(=O)COc2c(C)cccc2C)cc1. The molecule has 140 valence electrons. The maximum atomic E-state index is 12.3. The number of ether oxygens (including phenoxy) is 2. The normalized spacial score (nSPS) is 10.5. The first-order valence-corrected chi connectivity index (χ1v) is 8.63.